The second kappa shape index (κ2) is 7.70. The van der Waals surface area contributed by atoms with Crippen molar-refractivity contribution in [3.8, 4) is 5.75 Å². The molecule has 4 heteroatoms. The molecule has 1 aromatic heterocycles. The van der Waals surface area contributed by atoms with E-state index in [0.29, 0.717) is 6.61 Å². The first-order chi connectivity index (χ1) is 9.81. The maximum atomic E-state index is 5.43. The highest BCUT2D eigenvalue weighted by Gasteiger charge is 1.99. The summed E-state index contributed by atoms with van der Waals surface area (Å²) in [5, 5.41) is 7.75. The molecule has 0 bridgehead atoms. The number of hydrogen-bond donors (Lipinski definition) is 1. The van der Waals surface area contributed by atoms with Crippen LogP contribution in [0.25, 0.3) is 0 Å². The third kappa shape index (κ3) is 4.38. The molecule has 0 aliphatic rings. The summed E-state index contributed by atoms with van der Waals surface area (Å²) in [6, 6.07) is 8.22. The highest BCUT2D eigenvalue weighted by atomic mass is 16.5. The topological polar surface area (TPSA) is 39.1 Å². The van der Waals surface area contributed by atoms with Crippen molar-refractivity contribution in [1.82, 2.24) is 15.1 Å². The van der Waals surface area contributed by atoms with E-state index in [-0.39, 0.29) is 0 Å². The van der Waals surface area contributed by atoms with E-state index in [0.717, 1.165) is 31.8 Å². The standard InChI is InChI=1S/C16H23N3O/c1-3-9-19-13-15(12-18-19)11-17-10-14-5-7-16(8-6-14)20-4-2/h5-8,12-13,17H,3-4,9-11H2,1-2H3. The minimum Gasteiger partial charge on any atom is -0.494 e. The van der Waals surface area contributed by atoms with Crippen LogP contribution in [-0.4, -0.2) is 16.4 Å². The average molecular weight is 273 g/mol. The SMILES string of the molecule is CCCn1cc(CNCc2ccc(OCC)cc2)cn1. The molecule has 0 unspecified atom stereocenters. The quantitative estimate of drug-likeness (QED) is 0.803. The molecule has 20 heavy (non-hydrogen) atoms. The smallest absolute Gasteiger partial charge is 0.119 e. The Morgan fingerprint density at radius 3 is 2.55 bits per heavy atom. The third-order valence-corrected chi connectivity index (χ3v) is 3.03. The Balaban J connectivity index is 1.76. The summed E-state index contributed by atoms with van der Waals surface area (Å²) in [5.74, 6) is 0.928. The van der Waals surface area contributed by atoms with Gasteiger partial charge in [-0.25, -0.2) is 0 Å². The zero-order valence-corrected chi connectivity index (χ0v) is 12.3. The van der Waals surface area contributed by atoms with E-state index in [1.165, 1.54) is 11.1 Å². The van der Waals surface area contributed by atoms with Gasteiger partial charge in [0.05, 0.1) is 12.8 Å². The first-order valence-corrected chi connectivity index (χ1v) is 7.25. The van der Waals surface area contributed by atoms with Gasteiger partial charge in [-0.15, -0.1) is 0 Å². The number of hydrogen-bond acceptors (Lipinski definition) is 3. The Bertz CT molecular complexity index is 505. The monoisotopic (exact) mass is 273 g/mol. The predicted molar refractivity (Wildman–Crippen MR) is 80.7 cm³/mol. The van der Waals surface area contributed by atoms with Crippen LogP contribution in [0.4, 0.5) is 0 Å². The highest BCUT2D eigenvalue weighted by molar-refractivity contribution is 5.27. The third-order valence-electron chi connectivity index (χ3n) is 3.03. The van der Waals surface area contributed by atoms with Crippen LogP contribution in [0.1, 0.15) is 31.4 Å². The van der Waals surface area contributed by atoms with Gasteiger partial charge in [-0.3, -0.25) is 4.68 Å². The number of benzene rings is 1. The summed E-state index contributed by atoms with van der Waals surface area (Å²) in [6.07, 6.45) is 5.15. The van der Waals surface area contributed by atoms with E-state index in [2.05, 4.69) is 35.7 Å². The summed E-state index contributed by atoms with van der Waals surface area (Å²) in [7, 11) is 0. The van der Waals surface area contributed by atoms with Crippen LogP contribution in [-0.2, 0) is 19.6 Å². The first kappa shape index (κ1) is 14.6. The van der Waals surface area contributed by atoms with Crippen LogP contribution in [0, 0.1) is 0 Å². The van der Waals surface area contributed by atoms with Crippen LogP contribution in [0.5, 0.6) is 5.75 Å². The second-order valence-electron chi connectivity index (χ2n) is 4.79. The van der Waals surface area contributed by atoms with Gasteiger partial charge in [0.15, 0.2) is 0 Å². The molecule has 0 atom stereocenters. The molecule has 0 amide bonds. The molecule has 0 spiro atoms. The van der Waals surface area contributed by atoms with Crippen LogP contribution in [0.3, 0.4) is 0 Å². The molecule has 0 saturated heterocycles. The maximum Gasteiger partial charge on any atom is 0.119 e. The maximum absolute atomic E-state index is 5.43. The fourth-order valence-electron chi connectivity index (χ4n) is 2.07. The lowest BCUT2D eigenvalue weighted by Gasteiger charge is -2.06. The number of aromatic nitrogens is 2. The molecule has 2 rings (SSSR count). The second-order valence-corrected chi connectivity index (χ2v) is 4.79. The molecule has 0 aliphatic heterocycles. The largest absolute Gasteiger partial charge is 0.494 e. The van der Waals surface area contributed by atoms with Crippen molar-refractivity contribution in [1.29, 1.82) is 0 Å². The Morgan fingerprint density at radius 2 is 1.85 bits per heavy atom. The van der Waals surface area contributed by atoms with Crippen LogP contribution in [0.15, 0.2) is 36.7 Å². The van der Waals surface area contributed by atoms with Gasteiger partial charge < -0.3 is 10.1 Å². The number of nitrogens with one attached hydrogen (secondary N) is 1. The van der Waals surface area contributed by atoms with Gasteiger partial charge in [-0.05, 0) is 31.0 Å². The van der Waals surface area contributed by atoms with Gasteiger partial charge in [0.25, 0.3) is 0 Å². The van der Waals surface area contributed by atoms with E-state index in [4.69, 9.17) is 4.74 Å². The van der Waals surface area contributed by atoms with Crippen LogP contribution in [0.2, 0.25) is 0 Å². The van der Waals surface area contributed by atoms with Gasteiger partial charge in [0.2, 0.25) is 0 Å². The highest BCUT2D eigenvalue weighted by Crippen LogP contribution is 2.12. The van der Waals surface area contributed by atoms with Crippen molar-refractivity contribution < 1.29 is 4.74 Å². The summed E-state index contributed by atoms with van der Waals surface area (Å²) < 4.78 is 7.42. The van der Waals surface area contributed by atoms with Crippen molar-refractivity contribution >= 4 is 0 Å². The van der Waals surface area contributed by atoms with Crippen molar-refractivity contribution in [2.24, 2.45) is 0 Å². The van der Waals surface area contributed by atoms with E-state index in [9.17, 15) is 0 Å². The minimum atomic E-state index is 0.708. The van der Waals surface area contributed by atoms with Gasteiger partial charge in [-0.1, -0.05) is 19.1 Å². The van der Waals surface area contributed by atoms with E-state index in [1.54, 1.807) is 0 Å². The number of ether oxygens (including phenoxy) is 1. The molecule has 1 heterocycles. The normalized spacial score (nSPS) is 10.7. The van der Waals surface area contributed by atoms with Gasteiger partial charge in [0, 0.05) is 31.4 Å². The molecule has 0 aliphatic carbocycles. The van der Waals surface area contributed by atoms with Crippen molar-refractivity contribution in [3.63, 3.8) is 0 Å². The Morgan fingerprint density at radius 1 is 1.10 bits per heavy atom. The van der Waals surface area contributed by atoms with E-state index >= 15 is 0 Å². The first-order valence-electron chi connectivity index (χ1n) is 7.25. The minimum absolute atomic E-state index is 0.708. The van der Waals surface area contributed by atoms with Gasteiger partial charge >= 0.3 is 0 Å². The Labute approximate surface area is 120 Å². The van der Waals surface area contributed by atoms with Crippen molar-refractivity contribution in [2.45, 2.75) is 39.9 Å². The molecule has 108 valence electrons. The molecule has 1 N–H and O–H groups in total. The molecule has 1 aromatic carbocycles. The molecule has 0 saturated carbocycles. The zero-order valence-electron chi connectivity index (χ0n) is 12.3. The van der Waals surface area contributed by atoms with Crippen molar-refractivity contribution in [2.75, 3.05) is 6.61 Å². The number of nitrogens with zero attached hydrogens (tertiary/aromatic N) is 2. The lowest BCUT2D eigenvalue weighted by molar-refractivity contribution is 0.340. The Hall–Kier alpha value is -1.81. The molecule has 0 fully saturated rings. The summed E-state index contributed by atoms with van der Waals surface area (Å²) >= 11 is 0. The average Bonchev–Trinajstić information content (AvgIpc) is 2.89. The fourth-order valence-corrected chi connectivity index (χ4v) is 2.07. The molecular formula is C16H23N3O. The lowest BCUT2D eigenvalue weighted by atomic mass is 10.2. The molecule has 0 radical (unpaired) electrons. The molecule has 4 nitrogen and oxygen atoms in total. The summed E-state index contributed by atoms with van der Waals surface area (Å²) in [5.41, 5.74) is 2.48. The summed E-state index contributed by atoms with van der Waals surface area (Å²) in [6.45, 7) is 7.54. The lowest BCUT2D eigenvalue weighted by Crippen LogP contribution is -2.12. The number of rotatable bonds is 8. The Kier molecular flexibility index (Phi) is 5.62. The van der Waals surface area contributed by atoms with E-state index in [1.807, 2.05) is 29.9 Å². The van der Waals surface area contributed by atoms with Crippen LogP contribution >= 0.6 is 0 Å². The van der Waals surface area contributed by atoms with Gasteiger partial charge in [0.1, 0.15) is 5.75 Å². The number of aryl methyl sites for hydroxylation is 1. The van der Waals surface area contributed by atoms with E-state index < -0.39 is 0 Å². The summed E-state index contributed by atoms with van der Waals surface area (Å²) in [4.78, 5) is 0. The molecular weight excluding hydrogens is 250 g/mol. The molecule has 2 aromatic rings. The van der Waals surface area contributed by atoms with Gasteiger partial charge in [-0.2, -0.15) is 5.10 Å². The zero-order chi connectivity index (χ0) is 14.2. The fraction of sp³-hybridized carbons (Fsp3) is 0.438. The van der Waals surface area contributed by atoms with Crippen LogP contribution < -0.4 is 10.1 Å². The van der Waals surface area contributed by atoms with Crippen molar-refractivity contribution in [3.05, 3.63) is 47.8 Å². The predicted octanol–water partition coefficient (Wildman–Crippen LogP) is 2.98.